The molecule has 7 heteroatoms. The highest BCUT2D eigenvalue weighted by Crippen LogP contribution is 2.05. The summed E-state index contributed by atoms with van der Waals surface area (Å²) >= 11 is 0. The number of aromatic nitrogens is 2. The first-order valence-corrected chi connectivity index (χ1v) is 5.19. The van der Waals surface area contributed by atoms with E-state index in [-0.39, 0.29) is 17.3 Å². The molecule has 0 spiro atoms. The van der Waals surface area contributed by atoms with Gasteiger partial charge in [0.05, 0.1) is 0 Å². The van der Waals surface area contributed by atoms with Crippen molar-refractivity contribution in [2.24, 2.45) is 11.1 Å². The Hall–Kier alpha value is -1.79. The summed E-state index contributed by atoms with van der Waals surface area (Å²) in [6.45, 7) is 4.99. The molecule has 0 amide bonds. The van der Waals surface area contributed by atoms with Gasteiger partial charge in [-0.2, -0.15) is 0 Å². The zero-order chi connectivity index (χ0) is 12.0. The van der Waals surface area contributed by atoms with E-state index in [1.807, 2.05) is 0 Å². The van der Waals surface area contributed by atoms with E-state index in [1.165, 1.54) is 0 Å². The van der Waals surface area contributed by atoms with Gasteiger partial charge in [-0.25, -0.2) is 4.63 Å². The van der Waals surface area contributed by atoms with Crippen LogP contribution in [0.15, 0.2) is 9.78 Å². The predicted octanol–water partition coefficient (Wildman–Crippen LogP) is 0.813. The second-order valence-electron chi connectivity index (χ2n) is 3.91. The van der Waals surface area contributed by atoms with Gasteiger partial charge in [-0.1, -0.05) is 19.0 Å². The SMILES string of the molecule is CC(C)CCCN/C(=N\O)c1nonc1N. The molecule has 0 aliphatic carbocycles. The van der Waals surface area contributed by atoms with Crippen LogP contribution in [-0.2, 0) is 0 Å². The maximum Gasteiger partial charge on any atom is 0.199 e. The largest absolute Gasteiger partial charge is 0.409 e. The van der Waals surface area contributed by atoms with Gasteiger partial charge in [-0.15, -0.1) is 0 Å². The molecule has 0 aliphatic rings. The van der Waals surface area contributed by atoms with E-state index in [9.17, 15) is 0 Å². The molecule has 0 unspecified atom stereocenters. The molecule has 90 valence electrons. The standard InChI is InChI=1S/C9H17N5O2/c1-6(2)4-3-5-11-9(12-15)7-8(10)14-16-13-7/h6,15H,3-5H2,1-2H3,(H2,10,14)(H,11,12). The van der Waals surface area contributed by atoms with E-state index in [0.717, 1.165) is 12.8 Å². The summed E-state index contributed by atoms with van der Waals surface area (Å²) in [5.74, 6) is 0.932. The Morgan fingerprint density at radius 2 is 2.31 bits per heavy atom. The van der Waals surface area contributed by atoms with Gasteiger partial charge >= 0.3 is 0 Å². The lowest BCUT2D eigenvalue weighted by molar-refractivity contribution is 0.304. The molecule has 4 N–H and O–H groups in total. The van der Waals surface area contributed by atoms with Gasteiger partial charge in [0.1, 0.15) is 0 Å². The molecule has 0 fully saturated rings. The number of nitrogens with zero attached hydrogens (tertiary/aromatic N) is 3. The quantitative estimate of drug-likeness (QED) is 0.226. The molecule has 0 saturated carbocycles. The van der Waals surface area contributed by atoms with Crippen LogP contribution in [0.2, 0.25) is 0 Å². The molecule has 0 saturated heterocycles. The summed E-state index contributed by atoms with van der Waals surface area (Å²) in [6, 6.07) is 0. The molecule has 0 aliphatic heterocycles. The van der Waals surface area contributed by atoms with Gasteiger partial charge in [0.15, 0.2) is 17.3 Å². The van der Waals surface area contributed by atoms with Crippen LogP contribution in [0.5, 0.6) is 0 Å². The average Bonchev–Trinajstić information content (AvgIpc) is 2.65. The minimum absolute atomic E-state index is 0.101. The Morgan fingerprint density at radius 1 is 1.56 bits per heavy atom. The molecule has 7 nitrogen and oxygen atoms in total. The third-order valence-corrected chi connectivity index (χ3v) is 2.09. The van der Waals surface area contributed by atoms with Crippen molar-refractivity contribution < 1.29 is 9.84 Å². The Morgan fingerprint density at radius 3 is 2.81 bits per heavy atom. The van der Waals surface area contributed by atoms with Crippen LogP contribution in [0.25, 0.3) is 0 Å². The fraction of sp³-hybridized carbons (Fsp3) is 0.667. The van der Waals surface area contributed by atoms with Crippen LogP contribution in [0.4, 0.5) is 5.82 Å². The first kappa shape index (κ1) is 12.3. The van der Waals surface area contributed by atoms with Crippen molar-refractivity contribution in [2.45, 2.75) is 26.7 Å². The Labute approximate surface area is 93.7 Å². The van der Waals surface area contributed by atoms with Gasteiger partial charge in [0.2, 0.25) is 0 Å². The molecule has 0 radical (unpaired) electrons. The number of nitrogen functional groups attached to an aromatic ring is 1. The van der Waals surface area contributed by atoms with Crippen molar-refractivity contribution in [3.05, 3.63) is 5.69 Å². The molecular formula is C9H17N5O2. The number of hydrogen-bond donors (Lipinski definition) is 3. The molecular weight excluding hydrogens is 210 g/mol. The lowest BCUT2D eigenvalue weighted by atomic mass is 10.1. The minimum Gasteiger partial charge on any atom is -0.409 e. The van der Waals surface area contributed by atoms with Crippen molar-refractivity contribution in [2.75, 3.05) is 12.3 Å². The summed E-state index contributed by atoms with van der Waals surface area (Å²) in [6.07, 6.45) is 2.07. The van der Waals surface area contributed by atoms with Crippen LogP contribution in [-0.4, -0.2) is 27.9 Å². The van der Waals surface area contributed by atoms with E-state index in [1.54, 1.807) is 0 Å². The third-order valence-electron chi connectivity index (χ3n) is 2.09. The summed E-state index contributed by atoms with van der Waals surface area (Å²) in [7, 11) is 0. The maximum absolute atomic E-state index is 8.79. The van der Waals surface area contributed by atoms with Crippen LogP contribution in [0.1, 0.15) is 32.4 Å². The fourth-order valence-corrected chi connectivity index (χ4v) is 1.24. The van der Waals surface area contributed by atoms with E-state index < -0.39 is 0 Å². The van der Waals surface area contributed by atoms with E-state index in [2.05, 4.69) is 39.3 Å². The number of nitrogens with one attached hydrogen (secondary N) is 1. The smallest absolute Gasteiger partial charge is 0.199 e. The van der Waals surface area contributed by atoms with E-state index in [0.29, 0.717) is 12.5 Å². The number of oxime groups is 1. The average molecular weight is 227 g/mol. The Balaban J connectivity index is 2.43. The monoisotopic (exact) mass is 227 g/mol. The van der Waals surface area contributed by atoms with Crippen molar-refractivity contribution >= 4 is 11.7 Å². The van der Waals surface area contributed by atoms with Gasteiger partial charge < -0.3 is 16.3 Å². The van der Waals surface area contributed by atoms with Gasteiger partial charge in [0.25, 0.3) is 0 Å². The minimum atomic E-state index is 0.101. The van der Waals surface area contributed by atoms with E-state index in [4.69, 9.17) is 10.9 Å². The lowest BCUT2D eigenvalue weighted by Gasteiger charge is -2.07. The third kappa shape index (κ3) is 3.41. The normalized spacial score (nSPS) is 12.1. The molecule has 0 bridgehead atoms. The second-order valence-corrected chi connectivity index (χ2v) is 3.91. The molecule has 1 heterocycles. The van der Waals surface area contributed by atoms with Crippen molar-refractivity contribution in [1.82, 2.24) is 15.6 Å². The van der Waals surface area contributed by atoms with Crippen molar-refractivity contribution in [3.63, 3.8) is 0 Å². The van der Waals surface area contributed by atoms with Gasteiger partial charge in [-0.05, 0) is 29.1 Å². The van der Waals surface area contributed by atoms with Crippen LogP contribution >= 0.6 is 0 Å². The summed E-state index contributed by atoms with van der Waals surface area (Å²) in [4.78, 5) is 0. The number of hydrogen-bond acceptors (Lipinski definition) is 6. The zero-order valence-corrected chi connectivity index (χ0v) is 9.47. The van der Waals surface area contributed by atoms with Crippen molar-refractivity contribution in [1.29, 1.82) is 0 Å². The van der Waals surface area contributed by atoms with Gasteiger partial charge in [0, 0.05) is 6.54 Å². The molecule has 1 rings (SSSR count). The zero-order valence-electron chi connectivity index (χ0n) is 9.47. The molecule has 1 aromatic rings. The lowest BCUT2D eigenvalue weighted by Crippen LogP contribution is -2.27. The first-order chi connectivity index (χ1) is 7.65. The number of amidine groups is 1. The Bertz CT molecular complexity index is 347. The van der Waals surface area contributed by atoms with Crippen LogP contribution in [0.3, 0.4) is 0 Å². The highest BCUT2D eigenvalue weighted by atomic mass is 16.6. The highest BCUT2D eigenvalue weighted by Gasteiger charge is 2.13. The summed E-state index contributed by atoms with van der Waals surface area (Å²) in [5.41, 5.74) is 5.70. The summed E-state index contributed by atoms with van der Waals surface area (Å²) < 4.78 is 4.42. The molecule has 0 aromatic carbocycles. The van der Waals surface area contributed by atoms with Crippen molar-refractivity contribution in [3.8, 4) is 0 Å². The number of anilines is 1. The predicted molar refractivity (Wildman–Crippen MR) is 59.1 cm³/mol. The van der Waals surface area contributed by atoms with Crippen LogP contribution in [0, 0.1) is 5.92 Å². The molecule has 1 aromatic heterocycles. The van der Waals surface area contributed by atoms with Crippen LogP contribution < -0.4 is 11.1 Å². The highest BCUT2D eigenvalue weighted by molar-refractivity contribution is 5.99. The van der Waals surface area contributed by atoms with Gasteiger partial charge in [-0.3, -0.25) is 0 Å². The topological polar surface area (TPSA) is 110 Å². The summed E-state index contributed by atoms with van der Waals surface area (Å²) in [5, 5.41) is 21.7. The second kappa shape index (κ2) is 5.94. The maximum atomic E-state index is 8.79. The number of nitrogens with two attached hydrogens (primary N) is 1. The van der Waals surface area contributed by atoms with E-state index >= 15 is 0 Å². The number of rotatable bonds is 5. The molecule has 0 atom stereocenters. The Kier molecular flexibility index (Phi) is 4.56. The fourth-order valence-electron chi connectivity index (χ4n) is 1.24. The first-order valence-electron chi connectivity index (χ1n) is 5.19. The molecule has 16 heavy (non-hydrogen) atoms.